The molecule has 1 aromatic carbocycles. The van der Waals surface area contributed by atoms with Gasteiger partial charge in [-0.25, -0.2) is 0 Å². The van der Waals surface area contributed by atoms with Crippen molar-refractivity contribution >= 4 is 17.3 Å². The van der Waals surface area contributed by atoms with Crippen molar-refractivity contribution < 1.29 is 4.74 Å². The van der Waals surface area contributed by atoms with E-state index in [1.165, 1.54) is 4.68 Å². The van der Waals surface area contributed by atoms with Gasteiger partial charge in [0.25, 0.3) is 5.56 Å². The van der Waals surface area contributed by atoms with Crippen LogP contribution in [0.5, 0.6) is 0 Å². The Labute approximate surface area is 134 Å². The molecule has 0 bridgehead atoms. The van der Waals surface area contributed by atoms with Gasteiger partial charge in [0.05, 0.1) is 29.8 Å². The van der Waals surface area contributed by atoms with Crippen molar-refractivity contribution in [2.75, 3.05) is 18.0 Å². The number of hydrogen-bond donors (Lipinski definition) is 0. The Bertz CT molecular complexity index is 707. The average Bonchev–Trinajstić information content (AvgIpc) is 2.50. The molecular weight excluding hydrogens is 302 g/mol. The first kappa shape index (κ1) is 15.1. The summed E-state index contributed by atoms with van der Waals surface area (Å²) in [6, 6.07) is 9.25. The van der Waals surface area contributed by atoms with E-state index in [2.05, 4.69) is 10.00 Å². The van der Waals surface area contributed by atoms with E-state index in [1.54, 1.807) is 6.20 Å². The third-order valence-corrected chi connectivity index (χ3v) is 4.02. The fraction of sp³-hybridized carbons (Fsp3) is 0.375. The molecule has 2 heterocycles. The molecule has 0 radical (unpaired) electrons. The van der Waals surface area contributed by atoms with E-state index < -0.39 is 0 Å². The molecule has 1 fully saturated rings. The van der Waals surface area contributed by atoms with Crippen LogP contribution in [-0.2, 0) is 4.74 Å². The molecule has 6 heteroatoms. The summed E-state index contributed by atoms with van der Waals surface area (Å²) in [5.41, 5.74) is 1.06. The SMILES string of the molecule is C[C@H]1CN(c2cnn(-c3ccccc3)c(=O)c2Cl)C[C@H](C)O1. The zero-order valence-corrected chi connectivity index (χ0v) is 13.3. The Kier molecular flexibility index (Phi) is 4.18. The second-order valence-corrected chi connectivity index (χ2v) is 5.94. The van der Waals surface area contributed by atoms with Crippen LogP contribution in [0.25, 0.3) is 5.69 Å². The number of anilines is 1. The third-order valence-electron chi connectivity index (χ3n) is 3.66. The van der Waals surface area contributed by atoms with Gasteiger partial charge in [-0.2, -0.15) is 9.78 Å². The van der Waals surface area contributed by atoms with Crippen molar-refractivity contribution in [2.24, 2.45) is 0 Å². The van der Waals surface area contributed by atoms with Crippen molar-refractivity contribution in [1.29, 1.82) is 0 Å². The van der Waals surface area contributed by atoms with Gasteiger partial charge >= 0.3 is 0 Å². The summed E-state index contributed by atoms with van der Waals surface area (Å²) in [5.74, 6) is 0. The highest BCUT2D eigenvalue weighted by Crippen LogP contribution is 2.25. The Hall–Kier alpha value is -1.85. The maximum atomic E-state index is 12.5. The van der Waals surface area contributed by atoms with E-state index in [0.29, 0.717) is 24.5 Å². The molecule has 116 valence electrons. The molecule has 0 aliphatic carbocycles. The minimum Gasteiger partial charge on any atom is -0.372 e. The van der Waals surface area contributed by atoms with Crippen LogP contribution >= 0.6 is 11.6 Å². The first-order valence-electron chi connectivity index (χ1n) is 7.30. The molecule has 0 unspecified atom stereocenters. The standard InChI is InChI=1S/C16H18ClN3O2/c1-11-9-19(10-12(2)22-11)14-8-18-20(16(21)15(14)17)13-6-4-3-5-7-13/h3-8,11-12H,9-10H2,1-2H3/t11-,12-/m0/s1. The van der Waals surface area contributed by atoms with E-state index in [9.17, 15) is 4.79 Å². The number of hydrogen-bond acceptors (Lipinski definition) is 4. The van der Waals surface area contributed by atoms with Crippen molar-refractivity contribution in [3.05, 3.63) is 51.9 Å². The normalized spacial score (nSPS) is 21.9. The number of ether oxygens (including phenoxy) is 1. The first-order valence-corrected chi connectivity index (χ1v) is 7.67. The van der Waals surface area contributed by atoms with Gasteiger partial charge in [-0.15, -0.1) is 0 Å². The highest BCUT2D eigenvalue weighted by atomic mass is 35.5. The summed E-state index contributed by atoms with van der Waals surface area (Å²) in [5, 5.41) is 4.47. The zero-order valence-electron chi connectivity index (χ0n) is 12.6. The van der Waals surface area contributed by atoms with Crippen LogP contribution in [0.4, 0.5) is 5.69 Å². The highest BCUT2D eigenvalue weighted by molar-refractivity contribution is 6.33. The quantitative estimate of drug-likeness (QED) is 0.853. The van der Waals surface area contributed by atoms with Crippen LogP contribution in [0.3, 0.4) is 0 Å². The van der Waals surface area contributed by atoms with E-state index in [-0.39, 0.29) is 22.8 Å². The molecule has 0 amide bonds. The summed E-state index contributed by atoms with van der Waals surface area (Å²) in [6.07, 6.45) is 1.84. The average molecular weight is 320 g/mol. The number of para-hydroxylation sites is 1. The van der Waals surface area contributed by atoms with Gasteiger partial charge in [0.2, 0.25) is 0 Å². The Morgan fingerprint density at radius 2 is 1.82 bits per heavy atom. The molecule has 3 rings (SSSR count). The fourth-order valence-electron chi connectivity index (χ4n) is 2.77. The predicted molar refractivity (Wildman–Crippen MR) is 87.1 cm³/mol. The molecule has 0 saturated carbocycles. The summed E-state index contributed by atoms with van der Waals surface area (Å²) in [6.45, 7) is 5.41. The molecule has 22 heavy (non-hydrogen) atoms. The van der Waals surface area contributed by atoms with E-state index >= 15 is 0 Å². The van der Waals surface area contributed by atoms with Crippen LogP contribution in [0.2, 0.25) is 5.02 Å². The molecular formula is C16H18ClN3O2. The molecule has 0 spiro atoms. The number of morpholine rings is 1. The number of rotatable bonds is 2. The zero-order chi connectivity index (χ0) is 15.7. The lowest BCUT2D eigenvalue weighted by atomic mass is 10.2. The minimum absolute atomic E-state index is 0.0939. The third kappa shape index (κ3) is 2.87. The lowest BCUT2D eigenvalue weighted by molar-refractivity contribution is -0.00524. The smallest absolute Gasteiger partial charge is 0.292 e. The number of aromatic nitrogens is 2. The van der Waals surface area contributed by atoms with Gasteiger partial charge in [-0.1, -0.05) is 29.8 Å². The largest absolute Gasteiger partial charge is 0.372 e. The molecule has 5 nitrogen and oxygen atoms in total. The monoisotopic (exact) mass is 319 g/mol. The second-order valence-electron chi connectivity index (χ2n) is 5.56. The van der Waals surface area contributed by atoms with Crippen LogP contribution in [-0.4, -0.2) is 35.1 Å². The lowest BCUT2D eigenvalue weighted by Crippen LogP contribution is -2.46. The molecule has 0 N–H and O–H groups in total. The molecule has 1 aromatic heterocycles. The van der Waals surface area contributed by atoms with E-state index in [0.717, 1.165) is 0 Å². The number of benzene rings is 1. The molecule has 1 saturated heterocycles. The van der Waals surface area contributed by atoms with Crippen molar-refractivity contribution in [2.45, 2.75) is 26.1 Å². The topological polar surface area (TPSA) is 47.4 Å². The molecule has 2 atom stereocenters. The van der Waals surface area contributed by atoms with Gasteiger partial charge in [-0.05, 0) is 26.0 Å². The summed E-state index contributed by atoms with van der Waals surface area (Å²) in [4.78, 5) is 14.6. The van der Waals surface area contributed by atoms with E-state index in [4.69, 9.17) is 16.3 Å². The predicted octanol–water partition coefficient (Wildman–Crippen LogP) is 2.50. The second kappa shape index (κ2) is 6.10. The van der Waals surface area contributed by atoms with Crippen LogP contribution in [0, 0.1) is 0 Å². The maximum Gasteiger partial charge on any atom is 0.292 e. The van der Waals surface area contributed by atoms with Gasteiger partial charge < -0.3 is 9.64 Å². The molecule has 1 aliphatic heterocycles. The van der Waals surface area contributed by atoms with Crippen LogP contribution in [0.15, 0.2) is 41.3 Å². The summed E-state index contributed by atoms with van der Waals surface area (Å²) < 4.78 is 7.03. The van der Waals surface area contributed by atoms with E-state index in [1.807, 2.05) is 44.2 Å². The number of nitrogens with zero attached hydrogens (tertiary/aromatic N) is 3. The van der Waals surface area contributed by atoms with Crippen molar-refractivity contribution in [3.63, 3.8) is 0 Å². The summed E-state index contributed by atoms with van der Waals surface area (Å²) in [7, 11) is 0. The molecule has 2 aromatic rings. The lowest BCUT2D eigenvalue weighted by Gasteiger charge is -2.36. The fourth-order valence-corrected chi connectivity index (χ4v) is 3.02. The van der Waals surface area contributed by atoms with Crippen LogP contribution in [0.1, 0.15) is 13.8 Å². The molecule has 1 aliphatic rings. The van der Waals surface area contributed by atoms with Gasteiger partial charge in [0.1, 0.15) is 5.02 Å². The Morgan fingerprint density at radius 3 is 2.45 bits per heavy atom. The van der Waals surface area contributed by atoms with Gasteiger partial charge in [-0.3, -0.25) is 4.79 Å². The van der Waals surface area contributed by atoms with Crippen molar-refractivity contribution in [3.8, 4) is 5.69 Å². The van der Waals surface area contributed by atoms with Gasteiger partial charge in [0.15, 0.2) is 0 Å². The van der Waals surface area contributed by atoms with Gasteiger partial charge in [0, 0.05) is 13.1 Å². The summed E-state index contributed by atoms with van der Waals surface area (Å²) >= 11 is 6.32. The van der Waals surface area contributed by atoms with Crippen LogP contribution < -0.4 is 10.5 Å². The highest BCUT2D eigenvalue weighted by Gasteiger charge is 2.25. The van der Waals surface area contributed by atoms with Crippen molar-refractivity contribution in [1.82, 2.24) is 9.78 Å². The maximum absolute atomic E-state index is 12.5. The first-order chi connectivity index (χ1) is 10.6. The minimum atomic E-state index is -0.308. The number of halogens is 1. The Balaban J connectivity index is 1.98. The Morgan fingerprint density at radius 1 is 1.18 bits per heavy atom.